The zero-order valence-corrected chi connectivity index (χ0v) is 13.9. The van der Waals surface area contributed by atoms with Crippen LogP contribution in [0.15, 0.2) is 28.7 Å². The Labute approximate surface area is 136 Å². The number of para-hydroxylation sites is 1. The summed E-state index contributed by atoms with van der Waals surface area (Å²) in [5.41, 5.74) is 1.62. The molecule has 5 nitrogen and oxygen atoms in total. The first-order valence-corrected chi connectivity index (χ1v) is 8.13. The van der Waals surface area contributed by atoms with E-state index in [0.717, 1.165) is 41.7 Å². The Morgan fingerprint density at radius 3 is 2.83 bits per heavy atom. The molecule has 1 aliphatic heterocycles. The molecular formula is C18H24N2O3. The maximum Gasteiger partial charge on any atom is 0.315 e. The Kier molecular flexibility index (Phi) is 4.31. The first-order valence-electron chi connectivity index (χ1n) is 8.13. The molecular weight excluding hydrogens is 292 g/mol. The molecule has 124 valence electrons. The van der Waals surface area contributed by atoms with Gasteiger partial charge < -0.3 is 19.8 Å². The van der Waals surface area contributed by atoms with E-state index in [4.69, 9.17) is 9.15 Å². The Balaban J connectivity index is 1.69. The van der Waals surface area contributed by atoms with E-state index in [1.54, 1.807) is 0 Å². The summed E-state index contributed by atoms with van der Waals surface area (Å²) < 4.78 is 11.4. The molecule has 1 saturated heterocycles. The van der Waals surface area contributed by atoms with Crippen LogP contribution in [0.2, 0.25) is 0 Å². The van der Waals surface area contributed by atoms with E-state index in [-0.39, 0.29) is 17.6 Å². The van der Waals surface area contributed by atoms with E-state index in [2.05, 4.69) is 10.6 Å². The topological polar surface area (TPSA) is 63.5 Å². The van der Waals surface area contributed by atoms with E-state index in [1.807, 2.05) is 45.0 Å². The summed E-state index contributed by atoms with van der Waals surface area (Å²) >= 11 is 0. The van der Waals surface area contributed by atoms with Crippen LogP contribution in [0.5, 0.6) is 0 Å². The molecule has 0 saturated carbocycles. The number of urea groups is 1. The van der Waals surface area contributed by atoms with Crippen LogP contribution in [0.4, 0.5) is 4.79 Å². The number of fused-ring (bicyclic) bond motifs is 1. The highest BCUT2D eigenvalue weighted by atomic mass is 16.5. The normalized spacial score (nSPS) is 22.7. The number of aryl methyl sites for hydroxylation is 1. The third-order valence-electron chi connectivity index (χ3n) is 4.47. The molecule has 3 rings (SSSR count). The van der Waals surface area contributed by atoms with Gasteiger partial charge in [-0.3, -0.25) is 0 Å². The van der Waals surface area contributed by atoms with Crippen molar-refractivity contribution in [2.75, 3.05) is 13.2 Å². The Morgan fingerprint density at radius 1 is 1.35 bits per heavy atom. The van der Waals surface area contributed by atoms with E-state index >= 15 is 0 Å². The molecule has 1 fully saturated rings. The van der Waals surface area contributed by atoms with Gasteiger partial charge in [-0.25, -0.2) is 4.79 Å². The SMILES string of the molecule is Cc1c([C@@H](C)NC(=O)NC2(C)CCCOC2)oc2ccccc12. The molecule has 23 heavy (non-hydrogen) atoms. The second-order valence-corrected chi connectivity index (χ2v) is 6.62. The fraction of sp³-hybridized carbons (Fsp3) is 0.500. The van der Waals surface area contributed by atoms with Crippen molar-refractivity contribution in [2.45, 2.75) is 45.2 Å². The number of carbonyl (C=O) groups is 1. The second kappa shape index (κ2) is 6.24. The summed E-state index contributed by atoms with van der Waals surface area (Å²) in [7, 11) is 0. The van der Waals surface area contributed by atoms with Gasteiger partial charge in [0.1, 0.15) is 11.3 Å². The van der Waals surface area contributed by atoms with Gasteiger partial charge in [0.25, 0.3) is 0 Å². The summed E-state index contributed by atoms with van der Waals surface area (Å²) in [5.74, 6) is 0.798. The highest BCUT2D eigenvalue weighted by Crippen LogP contribution is 2.29. The van der Waals surface area contributed by atoms with Crippen LogP contribution in [0, 0.1) is 6.92 Å². The zero-order chi connectivity index (χ0) is 16.4. The lowest BCUT2D eigenvalue weighted by Gasteiger charge is -2.34. The molecule has 0 spiro atoms. The van der Waals surface area contributed by atoms with Gasteiger partial charge in [-0.1, -0.05) is 18.2 Å². The number of ether oxygens (including phenoxy) is 1. The van der Waals surface area contributed by atoms with Crippen molar-refractivity contribution in [2.24, 2.45) is 0 Å². The average molecular weight is 316 g/mol. The zero-order valence-electron chi connectivity index (χ0n) is 13.9. The molecule has 1 unspecified atom stereocenters. The Morgan fingerprint density at radius 2 is 2.13 bits per heavy atom. The predicted octanol–water partition coefficient (Wildman–Crippen LogP) is 3.67. The monoisotopic (exact) mass is 316 g/mol. The van der Waals surface area contributed by atoms with Gasteiger partial charge >= 0.3 is 6.03 Å². The molecule has 2 heterocycles. The Hall–Kier alpha value is -2.01. The van der Waals surface area contributed by atoms with Crippen molar-refractivity contribution in [3.05, 3.63) is 35.6 Å². The third-order valence-corrected chi connectivity index (χ3v) is 4.47. The Bertz CT molecular complexity index is 701. The van der Waals surface area contributed by atoms with Gasteiger partial charge in [0, 0.05) is 17.6 Å². The number of carbonyl (C=O) groups excluding carboxylic acids is 1. The van der Waals surface area contributed by atoms with Crippen molar-refractivity contribution in [3.63, 3.8) is 0 Å². The standard InChI is InChI=1S/C18H24N2O3/c1-12-14-7-4-5-8-15(14)23-16(12)13(2)19-17(21)20-18(3)9-6-10-22-11-18/h4-5,7-8,13H,6,9-11H2,1-3H3,(H2,19,20,21)/t13-,18?/m1/s1. The lowest BCUT2D eigenvalue weighted by Crippen LogP contribution is -2.54. The fourth-order valence-corrected chi connectivity index (χ4v) is 3.21. The van der Waals surface area contributed by atoms with Gasteiger partial charge in [-0.05, 0) is 39.7 Å². The molecule has 5 heteroatoms. The molecule has 0 aliphatic carbocycles. The number of amides is 2. The predicted molar refractivity (Wildman–Crippen MR) is 89.5 cm³/mol. The highest BCUT2D eigenvalue weighted by Gasteiger charge is 2.30. The number of furan rings is 1. The molecule has 0 bridgehead atoms. The molecule has 2 atom stereocenters. The van der Waals surface area contributed by atoms with Crippen molar-refractivity contribution in [1.29, 1.82) is 0 Å². The van der Waals surface area contributed by atoms with Crippen LogP contribution in [0.3, 0.4) is 0 Å². The lowest BCUT2D eigenvalue weighted by molar-refractivity contribution is 0.0331. The molecule has 1 aromatic heterocycles. The maximum atomic E-state index is 12.3. The minimum Gasteiger partial charge on any atom is -0.459 e. The third kappa shape index (κ3) is 3.34. The molecule has 1 aromatic carbocycles. The van der Waals surface area contributed by atoms with Crippen molar-refractivity contribution in [1.82, 2.24) is 10.6 Å². The van der Waals surface area contributed by atoms with Crippen LogP contribution in [0.1, 0.15) is 44.1 Å². The fourth-order valence-electron chi connectivity index (χ4n) is 3.21. The average Bonchev–Trinajstić information content (AvgIpc) is 2.85. The summed E-state index contributed by atoms with van der Waals surface area (Å²) in [6, 6.07) is 7.53. The van der Waals surface area contributed by atoms with Crippen LogP contribution < -0.4 is 10.6 Å². The van der Waals surface area contributed by atoms with Gasteiger partial charge in [-0.15, -0.1) is 0 Å². The molecule has 0 radical (unpaired) electrons. The van der Waals surface area contributed by atoms with E-state index in [1.165, 1.54) is 0 Å². The number of rotatable bonds is 3. The highest BCUT2D eigenvalue weighted by molar-refractivity contribution is 5.82. The van der Waals surface area contributed by atoms with Crippen LogP contribution in [-0.2, 0) is 4.74 Å². The summed E-state index contributed by atoms with van der Waals surface area (Å²) in [6.07, 6.45) is 1.90. The minimum absolute atomic E-state index is 0.189. The van der Waals surface area contributed by atoms with Crippen molar-refractivity contribution >= 4 is 17.0 Å². The summed E-state index contributed by atoms with van der Waals surface area (Å²) in [4.78, 5) is 12.3. The minimum atomic E-state index is -0.301. The van der Waals surface area contributed by atoms with Gasteiger partial charge in [-0.2, -0.15) is 0 Å². The molecule has 2 amide bonds. The van der Waals surface area contributed by atoms with Crippen molar-refractivity contribution in [3.8, 4) is 0 Å². The van der Waals surface area contributed by atoms with Crippen molar-refractivity contribution < 1.29 is 13.9 Å². The maximum absolute atomic E-state index is 12.3. The molecule has 2 aromatic rings. The first kappa shape index (κ1) is 15.9. The van der Waals surface area contributed by atoms with Gasteiger partial charge in [0.2, 0.25) is 0 Å². The lowest BCUT2D eigenvalue weighted by atomic mass is 9.95. The summed E-state index contributed by atoms with van der Waals surface area (Å²) in [6.45, 7) is 7.30. The van der Waals surface area contributed by atoms with Crippen LogP contribution in [-0.4, -0.2) is 24.8 Å². The number of hydrogen-bond acceptors (Lipinski definition) is 3. The smallest absolute Gasteiger partial charge is 0.315 e. The molecule has 1 aliphatic rings. The van der Waals surface area contributed by atoms with Crippen LogP contribution >= 0.6 is 0 Å². The largest absolute Gasteiger partial charge is 0.459 e. The summed E-state index contributed by atoms with van der Waals surface area (Å²) in [5, 5.41) is 7.09. The van der Waals surface area contributed by atoms with E-state index in [0.29, 0.717) is 6.61 Å². The number of nitrogens with one attached hydrogen (secondary N) is 2. The molecule has 2 N–H and O–H groups in total. The van der Waals surface area contributed by atoms with Crippen LogP contribution in [0.25, 0.3) is 11.0 Å². The second-order valence-electron chi connectivity index (χ2n) is 6.62. The number of benzene rings is 1. The van der Waals surface area contributed by atoms with E-state index in [9.17, 15) is 4.79 Å². The first-order chi connectivity index (χ1) is 11.0. The van der Waals surface area contributed by atoms with Gasteiger partial charge in [0.05, 0.1) is 18.2 Å². The number of hydrogen-bond donors (Lipinski definition) is 2. The van der Waals surface area contributed by atoms with Gasteiger partial charge in [0.15, 0.2) is 0 Å². The van der Waals surface area contributed by atoms with E-state index < -0.39 is 0 Å². The quantitative estimate of drug-likeness (QED) is 0.908.